The number of benzene rings is 1. The molecule has 1 saturated heterocycles. The molecule has 2 N–H and O–H groups in total. The zero-order chi connectivity index (χ0) is 14.8. The molecule has 0 radical (unpaired) electrons. The minimum absolute atomic E-state index is 0.225. The van der Waals surface area contributed by atoms with Crippen LogP contribution in [0.1, 0.15) is 18.4 Å². The van der Waals surface area contributed by atoms with Crippen LogP contribution in [0.5, 0.6) is 5.75 Å². The number of nitrogens with zero attached hydrogens (tertiary/aromatic N) is 1. The molecule has 0 amide bonds. The van der Waals surface area contributed by atoms with Crippen LogP contribution in [0.2, 0.25) is 10.0 Å². The number of ether oxygens (including phenoxy) is 1. The number of aliphatic hydroxyl groups is 2. The summed E-state index contributed by atoms with van der Waals surface area (Å²) >= 11 is 12.2. The Morgan fingerprint density at radius 3 is 2.80 bits per heavy atom. The molecule has 20 heavy (non-hydrogen) atoms. The van der Waals surface area contributed by atoms with Gasteiger partial charge in [-0.3, -0.25) is 4.90 Å². The molecular formula is C14H19Cl2NO3. The Kier molecular flexibility index (Phi) is 5.15. The summed E-state index contributed by atoms with van der Waals surface area (Å²) in [5.74, 6) is 0.606. The molecule has 2 rings (SSSR count). The van der Waals surface area contributed by atoms with Gasteiger partial charge in [0, 0.05) is 23.7 Å². The largest absolute Gasteiger partial charge is 0.495 e. The van der Waals surface area contributed by atoms with E-state index in [0.717, 1.165) is 18.5 Å². The van der Waals surface area contributed by atoms with Crippen LogP contribution in [0.25, 0.3) is 0 Å². The van der Waals surface area contributed by atoms with Gasteiger partial charge in [-0.05, 0) is 31.5 Å². The molecule has 1 aliphatic rings. The Bertz CT molecular complexity index is 484. The van der Waals surface area contributed by atoms with Crippen LogP contribution in [0.4, 0.5) is 0 Å². The first-order valence-corrected chi connectivity index (χ1v) is 7.30. The standard InChI is InChI=1S/C14H19Cl2NO3/c1-20-13-10(5-11(15)6-12(13)16)7-17-4-2-3-14(19,8-17)9-18/h5-6,18-19H,2-4,7-9H2,1H3/t14-/m1/s1. The number of aliphatic hydroxyl groups excluding tert-OH is 1. The van der Waals surface area contributed by atoms with Gasteiger partial charge in [-0.2, -0.15) is 0 Å². The van der Waals surface area contributed by atoms with Gasteiger partial charge in [-0.15, -0.1) is 0 Å². The summed E-state index contributed by atoms with van der Waals surface area (Å²) in [6.07, 6.45) is 1.46. The number of β-amino-alcohol motifs (C(OH)–C–C–N with tert-alkyl or cyclic N) is 1. The quantitative estimate of drug-likeness (QED) is 0.894. The van der Waals surface area contributed by atoms with Crippen LogP contribution in [-0.2, 0) is 6.54 Å². The van der Waals surface area contributed by atoms with E-state index in [-0.39, 0.29) is 6.61 Å². The molecule has 0 spiro atoms. The second-order valence-corrected chi connectivity index (χ2v) is 6.12. The van der Waals surface area contributed by atoms with Crippen molar-refractivity contribution in [3.05, 3.63) is 27.7 Å². The van der Waals surface area contributed by atoms with Gasteiger partial charge in [0.05, 0.1) is 18.7 Å². The van der Waals surface area contributed by atoms with Gasteiger partial charge in [0.2, 0.25) is 0 Å². The first-order chi connectivity index (χ1) is 9.47. The number of halogens is 2. The predicted molar refractivity (Wildman–Crippen MR) is 79.6 cm³/mol. The van der Waals surface area contributed by atoms with E-state index in [4.69, 9.17) is 27.9 Å². The maximum Gasteiger partial charge on any atom is 0.142 e. The molecule has 0 unspecified atom stereocenters. The number of rotatable bonds is 4. The lowest BCUT2D eigenvalue weighted by molar-refractivity contribution is -0.0688. The van der Waals surface area contributed by atoms with Gasteiger partial charge < -0.3 is 14.9 Å². The van der Waals surface area contributed by atoms with Gasteiger partial charge >= 0.3 is 0 Å². The minimum atomic E-state index is -1.02. The van der Waals surface area contributed by atoms with Crippen molar-refractivity contribution < 1.29 is 14.9 Å². The lowest BCUT2D eigenvalue weighted by atomic mass is 9.93. The zero-order valence-corrected chi connectivity index (χ0v) is 12.9. The molecule has 1 fully saturated rings. The third-order valence-electron chi connectivity index (χ3n) is 3.61. The Labute approximate surface area is 128 Å². The first-order valence-electron chi connectivity index (χ1n) is 6.55. The summed E-state index contributed by atoms with van der Waals surface area (Å²) in [6, 6.07) is 3.46. The Hall–Kier alpha value is -0.520. The smallest absolute Gasteiger partial charge is 0.142 e. The highest BCUT2D eigenvalue weighted by atomic mass is 35.5. The minimum Gasteiger partial charge on any atom is -0.495 e. The van der Waals surface area contributed by atoms with E-state index in [2.05, 4.69) is 4.90 Å². The first kappa shape index (κ1) is 15.9. The monoisotopic (exact) mass is 319 g/mol. The van der Waals surface area contributed by atoms with Crippen LogP contribution in [0.15, 0.2) is 12.1 Å². The summed E-state index contributed by atoms with van der Waals surface area (Å²) in [6.45, 7) is 1.63. The molecule has 0 bridgehead atoms. The average Bonchev–Trinajstić information content (AvgIpc) is 2.38. The molecule has 1 aliphatic heterocycles. The molecular weight excluding hydrogens is 301 g/mol. The number of likely N-dealkylation sites (tertiary alicyclic amines) is 1. The van der Waals surface area contributed by atoms with Gasteiger partial charge in [-0.1, -0.05) is 23.2 Å². The van der Waals surface area contributed by atoms with Crippen LogP contribution in [0.3, 0.4) is 0 Å². The average molecular weight is 320 g/mol. The normalized spacial score (nSPS) is 23.9. The van der Waals surface area contributed by atoms with E-state index in [0.29, 0.717) is 35.3 Å². The van der Waals surface area contributed by atoms with Crippen molar-refractivity contribution >= 4 is 23.2 Å². The van der Waals surface area contributed by atoms with Crippen molar-refractivity contribution in [1.82, 2.24) is 4.90 Å². The highest BCUT2D eigenvalue weighted by Crippen LogP contribution is 2.34. The highest BCUT2D eigenvalue weighted by Gasteiger charge is 2.32. The van der Waals surface area contributed by atoms with Crippen molar-refractivity contribution in [2.45, 2.75) is 25.0 Å². The SMILES string of the molecule is COc1c(Cl)cc(Cl)cc1CN1CCC[C@](O)(CO)C1. The number of hydrogen-bond donors (Lipinski definition) is 2. The highest BCUT2D eigenvalue weighted by molar-refractivity contribution is 6.35. The summed E-state index contributed by atoms with van der Waals surface area (Å²) in [5, 5.41) is 20.5. The van der Waals surface area contributed by atoms with Crippen molar-refractivity contribution in [2.75, 3.05) is 26.8 Å². The second kappa shape index (κ2) is 6.50. The molecule has 0 aliphatic carbocycles. The predicted octanol–water partition coefficient (Wildman–Crippen LogP) is 2.32. The molecule has 1 aromatic rings. The fourth-order valence-electron chi connectivity index (χ4n) is 2.67. The molecule has 4 nitrogen and oxygen atoms in total. The van der Waals surface area contributed by atoms with Gasteiger partial charge in [0.15, 0.2) is 0 Å². The van der Waals surface area contributed by atoms with Crippen molar-refractivity contribution in [1.29, 1.82) is 0 Å². The Morgan fingerprint density at radius 2 is 2.15 bits per heavy atom. The maximum atomic E-state index is 10.2. The maximum absolute atomic E-state index is 10.2. The van der Waals surface area contributed by atoms with E-state index in [1.807, 2.05) is 6.07 Å². The van der Waals surface area contributed by atoms with Gasteiger partial charge in [0.1, 0.15) is 11.4 Å². The lowest BCUT2D eigenvalue weighted by Crippen LogP contribution is -2.50. The van der Waals surface area contributed by atoms with E-state index in [9.17, 15) is 10.2 Å². The van der Waals surface area contributed by atoms with E-state index in [1.165, 1.54) is 0 Å². The van der Waals surface area contributed by atoms with Gasteiger partial charge in [0.25, 0.3) is 0 Å². The van der Waals surface area contributed by atoms with E-state index in [1.54, 1.807) is 13.2 Å². The summed E-state index contributed by atoms with van der Waals surface area (Å²) in [4.78, 5) is 2.07. The number of hydrogen-bond acceptors (Lipinski definition) is 4. The number of methoxy groups -OCH3 is 1. The third-order valence-corrected chi connectivity index (χ3v) is 4.11. The summed E-state index contributed by atoms with van der Waals surface area (Å²) in [5.41, 5.74) is -0.138. The van der Waals surface area contributed by atoms with Crippen LogP contribution in [0, 0.1) is 0 Å². The third kappa shape index (κ3) is 3.57. The second-order valence-electron chi connectivity index (χ2n) is 5.28. The Morgan fingerprint density at radius 1 is 1.40 bits per heavy atom. The molecule has 1 heterocycles. The topological polar surface area (TPSA) is 52.9 Å². The van der Waals surface area contributed by atoms with E-state index >= 15 is 0 Å². The summed E-state index contributed by atoms with van der Waals surface area (Å²) in [7, 11) is 1.57. The molecule has 0 aromatic heterocycles. The van der Waals surface area contributed by atoms with Gasteiger partial charge in [-0.25, -0.2) is 0 Å². The summed E-state index contributed by atoms with van der Waals surface area (Å²) < 4.78 is 5.32. The van der Waals surface area contributed by atoms with E-state index < -0.39 is 5.60 Å². The molecule has 112 valence electrons. The van der Waals surface area contributed by atoms with Crippen molar-refractivity contribution in [3.63, 3.8) is 0 Å². The zero-order valence-electron chi connectivity index (χ0n) is 11.4. The van der Waals surface area contributed by atoms with Crippen LogP contribution in [-0.4, -0.2) is 47.5 Å². The fraction of sp³-hybridized carbons (Fsp3) is 0.571. The fourth-order valence-corrected chi connectivity index (χ4v) is 3.28. The Balaban J connectivity index is 2.17. The molecule has 1 aromatic carbocycles. The van der Waals surface area contributed by atoms with Crippen LogP contribution < -0.4 is 4.74 Å². The number of piperidine rings is 1. The van der Waals surface area contributed by atoms with Crippen molar-refractivity contribution in [2.24, 2.45) is 0 Å². The van der Waals surface area contributed by atoms with Crippen molar-refractivity contribution in [3.8, 4) is 5.75 Å². The van der Waals surface area contributed by atoms with Crippen LogP contribution >= 0.6 is 23.2 Å². The molecule has 1 atom stereocenters. The molecule has 0 saturated carbocycles. The molecule has 6 heteroatoms. The lowest BCUT2D eigenvalue weighted by Gasteiger charge is -2.38.